The van der Waals surface area contributed by atoms with Crippen LogP contribution in [-0.4, -0.2) is 30.5 Å². The number of thioether (sulfide) groups is 1. The zero-order chi connectivity index (χ0) is 13.4. The lowest BCUT2D eigenvalue weighted by molar-refractivity contribution is -0.122. The Kier molecular flexibility index (Phi) is 9.74. The van der Waals surface area contributed by atoms with Crippen LogP contribution in [0.5, 0.6) is 0 Å². The Balaban J connectivity index is 0.00000324. The Morgan fingerprint density at radius 2 is 2.00 bits per heavy atom. The van der Waals surface area contributed by atoms with Gasteiger partial charge in [0.05, 0.1) is 6.04 Å². The van der Waals surface area contributed by atoms with Crippen molar-refractivity contribution < 1.29 is 4.79 Å². The largest absolute Gasteiger partial charge is 0.354 e. The maximum absolute atomic E-state index is 11.6. The van der Waals surface area contributed by atoms with Crippen molar-refractivity contribution in [1.29, 1.82) is 0 Å². The van der Waals surface area contributed by atoms with E-state index in [9.17, 15) is 4.79 Å². The van der Waals surface area contributed by atoms with E-state index in [1.54, 1.807) is 11.8 Å². The third-order valence-electron chi connectivity index (χ3n) is 2.80. The molecule has 19 heavy (non-hydrogen) atoms. The number of halogens is 1. The van der Waals surface area contributed by atoms with Crippen molar-refractivity contribution in [1.82, 2.24) is 5.32 Å². The minimum atomic E-state index is -0.379. The zero-order valence-corrected chi connectivity index (χ0v) is 13.2. The van der Waals surface area contributed by atoms with Crippen molar-refractivity contribution in [2.24, 2.45) is 5.73 Å². The Morgan fingerprint density at radius 1 is 1.37 bits per heavy atom. The smallest absolute Gasteiger partial charge is 0.236 e. The fourth-order valence-electron chi connectivity index (χ4n) is 1.59. The predicted molar refractivity (Wildman–Crippen MR) is 86.1 cm³/mol. The monoisotopic (exact) mass is 302 g/mol. The number of carbonyl (C=O) groups excluding carboxylic acids is 1. The van der Waals surface area contributed by atoms with Crippen LogP contribution in [0.1, 0.15) is 17.5 Å². The number of nitrogens with one attached hydrogen (secondary N) is 1. The second kappa shape index (κ2) is 10.1. The predicted octanol–water partition coefficient (Wildman–Crippen LogP) is 2.16. The van der Waals surface area contributed by atoms with Crippen molar-refractivity contribution in [2.45, 2.75) is 25.8 Å². The van der Waals surface area contributed by atoms with Crippen molar-refractivity contribution in [3.63, 3.8) is 0 Å². The number of rotatable bonds is 7. The molecule has 5 heteroatoms. The third-order valence-corrected chi connectivity index (χ3v) is 3.45. The number of nitrogens with two attached hydrogens (primary N) is 1. The molecule has 3 nitrogen and oxygen atoms in total. The highest BCUT2D eigenvalue weighted by atomic mass is 35.5. The van der Waals surface area contributed by atoms with E-state index in [2.05, 4.69) is 36.5 Å². The van der Waals surface area contributed by atoms with Gasteiger partial charge in [0.1, 0.15) is 0 Å². The highest BCUT2D eigenvalue weighted by molar-refractivity contribution is 7.98. The van der Waals surface area contributed by atoms with E-state index in [-0.39, 0.29) is 24.4 Å². The van der Waals surface area contributed by atoms with Crippen LogP contribution in [-0.2, 0) is 11.2 Å². The molecule has 0 saturated heterocycles. The summed E-state index contributed by atoms with van der Waals surface area (Å²) in [5.41, 5.74) is 8.26. The first-order valence-corrected chi connectivity index (χ1v) is 7.60. The molecule has 0 spiro atoms. The molecule has 0 aromatic heterocycles. The summed E-state index contributed by atoms with van der Waals surface area (Å²) in [6, 6.07) is 7.97. The summed E-state index contributed by atoms with van der Waals surface area (Å²) in [4.78, 5) is 11.6. The SMILES string of the molecule is CSCC[C@H](N)C(=O)NCCc1ccc(C)cc1.Cl. The second-order valence-corrected chi connectivity index (χ2v) is 5.40. The average molecular weight is 303 g/mol. The number of benzene rings is 1. The molecule has 1 aromatic rings. The highest BCUT2D eigenvalue weighted by Gasteiger charge is 2.11. The molecule has 0 fully saturated rings. The summed E-state index contributed by atoms with van der Waals surface area (Å²) in [5.74, 6) is 0.878. The van der Waals surface area contributed by atoms with Gasteiger partial charge in [-0.25, -0.2) is 0 Å². The molecule has 0 aliphatic rings. The Labute approximate surface area is 126 Å². The normalized spacial score (nSPS) is 11.5. The summed E-state index contributed by atoms with van der Waals surface area (Å²) in [6.07, 6.45) is 3.60. The van der Waals surface area contributed by atoms with Gasteiger partial charge in [-0.1, -0.05) is 29.8 Å². The van der Waals surface area contributed by atoms with Gasteiger partial charge >= 0.3 is 0 Å². The zero-order valence-electron chi connectivity index (χ0n) is 11.5. The summed E-state index contributed by atoms with van der Waals surface area (Å²) < 4.78 is 0. The first-order chi connectivity index (χ1) is 8.63. The van der Waals surface area contributed by atoms with Gasteiger partial charge in [-0.2, -0.15) is 11.8 Å². The van der Waals surface area contributed by atoms with E-state index in [1.165, 1.54) is 11.1 Å². The van der Waals surface area contributed by atoms with Crippen LogP contribution in [0.4, 0.5) is 0 Å². The quantitative estimate of drug-likeness (QED) is 0.811. The van der Waals surface area contributed by atoms with E-state index in [0.717, 1.165) is 18.6 Å². The van der Waals surface area contributed by atoms with E-state index < -0.39 is 0 Å². The van der Waals surface area contributed by atoms with E-state index >= 15 is 0 Å². The summed E-state index contributed by atoms with van der Waals surface area (Å²) in [5, 5.41) is 2.88. The molecule has 0 heterocycles. The standard InChI is InChI=1S/C14H22N2OS.ClH/c1-11-3-5-12(6-4-11)7-9-16-14(17)13(15)8-10-18-2;/h3-6,13H,7-10,15H2,1-2H3,(H,16,17);1H/t13-;/m0./s1. The molecule has 1 rings (SSSR count). The second-order valence-electron chi connectivity index (χ2n) is 4.41. The molecule has 108 valence electrons. The maximum atomic E-state index is 11.6. The topological polar surface area (TPSA) is 55.1 Å². The van der Waals surface area contributed by atoms with Gasteiger partial charge in [0.15, 0.2) is 0 Å². The van der Waals surface area contributed by atoms with Crippen LogP contribution in [0.2, 0.25) is 0 Å². The van der Waals surface area contributed by atoms with Crippen LogP contribution in [0.15, 0.2) is 24.3 Å². The summed E-state index contributed by atoms with van der Waals surface area (Å²) >= 11 is 1.71. The van der Waals surface area contributed by atoms with Crippen molar-refractivity contribution in [3.8, 4) is 0 Å². The molecule has 0 bridgehead atoms. The fraction of sp³-hybridized carbons (Fsp3) is 0.500. The number of aryl methyl sites for hydroxylation is 1. The molecule has 0 unspecified atom stereocenters. The van der Waals surface area contributed by atoms with Crippen LogP contribution in [0, 0.1) is 6.92 Å². The molecular weight excluding hydrogens is 280 g/mol. The lowest BCUT2D eigenvalue weighted by Gasteiger charge is -2.11. The fourth-order valence-corrected chi connectivity index (χ4v) is 2.08. The molecule has 0 radical (unpaired) electrons. The van der Waals surface area contributed by atoms with E-state index in [0.29, 0.717) is 6.54 Å². The lowest BCUT2D eigenvalue weighted by atomic mass is 10.1. The van der Waals surface area contributed by atoms with Gasteiger partial charge in [-0.15, -0.1) is 12.4 Å². The van der Waals surface area contributed by atoms with Crippen LogP contribution >= 0.6 is 24.2 Å². The van der Waals surface area contributed by atoms with Gasteiger partial charge < -0.3 is 11.1 Å². The van der Waals surface area contributed by atoms with Gasteiger partial charge in [0.25, 0.3) is 0 Å². The minimum Gasteiger partial charge on any atom is -0.354 e. The number of hydrogen-bond acceptors (Lipinski definition) is 3. The summed E-state index contributed by atoms with van der Waals surface area (Å²) in [6.45, 7) is 2.71. The lowest BCUT2D eigenvalue weighted by Crippen LogP contribution is -2.41. The first-order valence-electron chi connectivity index (χ1n) is 6.21. The number of carbonyl (C=O) groups is 1. The molecule has 1 atom stereocenters. The van der Waals surface area contributed by atoms with Crippen molar-refractivity contribution in [3.05, 3.63) is 35.4 Å². The first kappa shape index (κ1) is 18.3. The van der Waals surface area contributed by atoms with Gasteiger partial charge in [-0.05, 0) is 37.3 Å². The van der Waals surface area contributed by atoms with Gasteiger partial charge in [0, 0.05) is 6.54 Å². The number of amides is 1. The molecule has 0 aliphatic carbocycles. The maximum Gasteiger partial charge on any atom is 0.236 e. The highest BCUT2D eigenvalue weighted by Crippen LogP contribution is 2.03. The third kappa shape index (κ3) is 7.45. The van der Waals surface area contributed by atoms with E-state index in [4.69, 9.17) is 5.73 Å². The molecule has 1 aromatic carbocycles. The van der Waals surface area contributed by atoms with E-state index in [1.807, 2.05) is 6.26 Å². The Morgan fingerprint density at radius 3 is 2.58 bits per heavy atom. The van der Waals surface area contributed by atoms with Crippen molar-refractivity contribution in [2.75, 3.05) is 18.6 Å². The molecular formula is C14H23ClN2OS. The van der Waals surface area contributed by atoms with Gasteiger partial charge in [0.2, 0.25) is 5.91 Å². The van der Waals surface area contributed by atoms with Crippen LogP contribution in [0.3, 0.4) is 0 Å². The molecule has 3 N–H and O–H groups in total. The van der Waals surface area contributed by atoms with Crippen molar-refractivity contribution >= 4 is 30.1 Å². The summed E-state index contributed by atoms with van der Waals surface area (Å²) in [7, 11) is 0. The van der Waals surface area contributed by atoms with Crippen LogP contribution < -0.4 is 11.1 Å². The Bertz CT molecular complexity index is 370. The minimum absolute atomic E-state index is 0. The molecule has 1 amide bonds. The average Bonchev–Trinajstić information content (AvgIpc) is 2.38. The van der Waals surface area contributed by atoms with Crippen LogP contribution in [0.25, 0.3) is 0 Å². The van der Waals surface area contributed by atoms with Gasteiger partial charge in [-0.3, -0.25) is 4.79 Å². The number of hydrogen-bond donors (Lipinski definition) is 2. The molecule has 0 aliphatic heterocycles. The Hall–Kier alpha value is -0.710. The molecule has 0 saturated carbocycles.